The molecule has 2 heterocycles. The van der Waals surface area contributed by atoms with Crippen molar-refractivity contribution in [2.75, 3.05) is 7.11 Å². The highest BCUT2D eigenvalue weighted by atomic mass is 16.5. The van der Waals surface area contributed by atoms with E-state index in [0.717, 1.165) is 41.3 Å². The summed E-state index contributed by atoms with van der Waals surface area (Å²) in [5.41, 5.74) is 4.60. The number of carbonyl (C=O) groups is 1. The van der Waals surface area contributed by atoms with E-state index in [1.54, 1.807) is 13.2 Å². The zero-order valence-corrected chi connectivity index (χ0v) is 15.5. The van der Waals surface area contributed by atoms with Crippen molar-refractivity contribution < 1.29 is 9.53 Å². The van der Waals surface area contributed by atoms with Crippen LogP contribution in [0.3, 0.4) is 0 Å². The van der Waals surface area contributed by atoms with Gasteiger partial charge in [0, 0.05) is 30.1 Å². The Morgan fingerprint density at radius 1 is 1.22 bits per heavy atom. The van der Waals surface area contributed by atoms with Crippen LogP contribution in [0.25, 0.3) is 33.5 Å². The van der Waals surface area contributed by atoms with Crippen molar-refractivity contribution in [2.24, 2.45) is 13.0 Å². The summed E-state index contributed by atoms with van der Waals surface area (Å²) in [7, 11) is 3.63. The average molecular weight is 359 g/mol. The van der Waals surface area contributed by atoms with E-state index in [-0.39, 0.29) is 0 Å². The number of nitrogens with zero attached hydrogens (tertiary/aromatic N) is 3. The first kappa shape index (κ1) is 16.1. The van der Waals surface area contributed by atoms with Gasteiger partial charge in [0.1, 0.15) is 17.6 Å². The largest absolute Gasteiger partial charge is 0.494 e. The van der Waals surface area contributed by atoms with Gasteiger partial charge in [-0.15, -0.1) is 0 Å². The summed E-state index contributed by atoms with van der Waals surface area (Å²) in [6.07, 6.45) is 3.43. The van der Waals surface area contributed by atoms with E-state index in [4.69, 9.17) is 9.72 Å². The third-order valence-electron chi connectivity index (χ3n) is 5.49. The SMILES string of the molecule is COc1cc(C=O)cc2nc(-c3cc4ccccc4n3CC3CC3)n(C)c12. The lowest BCUT2D eigenvalue weighted by Gasteiger charge is -2.11. The van der Waals surface area contributed by atoms with Gasteiger partial charge in [-0.2, -0.15) is 0 Å². The highest BCUT2D eigenvalue weighted by molar-refractivity contribution is 5.93. The molecule has 2 aromatic carbocycles. The number of para-hydroxylation sites is 1. The maximum absolute atomic E-state index is 11.3. The van der Waals surface area contributed by atoms with E-state index in [9.17, 15) is 4.79 Å². The van der Waals surface area contributed by atoms with Crippen LogP contribution < -0.4 is 4.74 Å². The summed E-state index contributed by atoms with van der Waals surface area (Å²) in [4.78, 5) is 16.2. The van der Waals surface area contributed by atoms with Gasteiger partial charge >= 0.3 is 0 Å². The van der Waals surface area contributed by atoms with Crippen LogP contribution in [-0.2, 0) is 13.6 Å². The third kappa shape index (κ3) is 2.53. The monoisotopic (exact) mass is 359 g/mol. The zero-order chi connectivity index (χ0) is 18.5. The number of benzene rings is 2. The van der Waals surface area contributed by atoms with Gasteiger partial charge in [0.05, 0.1) is 18.3 Å². The Morgan fingerprint density at radius 2 is 2.04 bits per heavy atom. The molecule has 136 valence electrons. The Hall–Kier alpha value is -3.08. The molecule has 2 aromatic heterocycles. The first-order valence-corrected chi connectivity index (χ1v) is 9.28. The second-order valence-corrected chi connectivity index (χ2v) is 7.35. The number of aromatic nitrogens is 3. The van der Waals surface area contributed by atoms with Crippen molar-refractivity contribution in [3.8, 4) is 17.3 Å². The number of aldehydes is 1. The van der Waals surface area contributed by atoms with Crippen LogP contribution in [0, 0.1) is 5.92 Å². The molecule has 0 bridgehead atoms. The molecule has 0 atom stereocenters. The fourth-order valence-corrected chi connectivity index (χ4v) is 3.93. The average Bonchev–Trinajstić information content (AvgIpc) is 3.36. The van der Waals surface area contributed by atoms with Crippen LogP contribution in [0.4, 0.5) is 0 Å². The van der Waals surface area contributed by atoms with Gasteiger partial charge in [0.15, 0.2) is 5.82 Å². The second-order valence-electron chi connectivity index (χ2n) is 7.35. The topological polar surface area (TPSA) is 49.0 Å². The number of carbonyl (C=O) groups excluding carboxylic acids is 1. The molecule has 5 rings (SSSR count). The highest BCUT2D eigenvalue weighted by Crippen LogP contribution is 2.37. The molecule has 1 fully saturated rings. The molecule has 0 spiro atoms. The molecule has 4 aromatic rings. The van der Waals surface area contributed by atoms with Gasteiger partial charge in [-0.3, -0.25) is 4.79 Å². The number of methoxy groups -OCH3 is 1. The molecule has 0 unspecified atom stereocenters. The normalized spacial score (nSPS) is 14.1. The van der Waals surface area contributed by atoms with E-state index < -0.39 is 0 Å². The molecule has 0 amide bonds. The van der Waals surface area contributed by atoms with Crippen molar-refractivity contribution in [2.45, 2.75) is 19.4 Å². The maximum Gasteiger partial charge on any atom is 0.157 e. The lowest BCUT2D eigenvalue weighted by molar-refractivity contribution is 0.112. The molecule has 1 aliphatic carbocycles. The summed E-state index contributed by atoms with van der Waals surface area (Å²) < 4.78 is 10.00. The Labute approximate surface area is 157 Å². The Bertz CT molecular complexity index is 1180. The maximum atomic E-state index is 11.3. The van der Waals surface area contributed by atoms with E-state index in [0.29, 0.717) is 11.3 Å². The quantitative estimate of drug-likeness (QED) is 0.496. The summed E-state index contributed by atoms with van der Waals surface area (Å²) in [6, 6.07) is 14.3. The highest BCUT2D eigenvalue weighted by Gasteiger charge is 2.25. The number of fused-ring (bicyclic) bond motifs is 2. The fraction of sp³-hybridized carbons (Fsp3) is 0.273. The van der Waals surface area contributed by atoms with Crippen molar-refractivity contribution in [3.63, 3.8) is 0 Å². The Balaban J connectivity index is 1.78. The van der Waals surface area contributed by atoms with Gasteiger partial charge < -0.3 is 13.9 Å². The van der Waals surface area contributed by atoms with Crippen molar-refractivity contribution >= 4 is 28.2 Å². The van der Waals surface area contributed by atoms with Gasteiger partial charge in [-0.25, -0.2) is 4.98 Å². The molecule has 1 saturated carbocycles. The summed E-state index contributed by atoms with van der Waals surface area (Å²) >= 11 is 0. The van der Waals surface area contributed by atoms with Gasteiger partial charge in [0.2, 0.25) is 0 Å². The lowest BCUT2D eigenvalue weighted by atomic mass is 10.2. The Kier molecular flexibility index (Phi) is 3.57. The molecule has 5 heteroatoms. The van der Waals surface area contributed by atoms with Crippen molar-refractivity contribution in [1.82, 2.24) is 14.1 Å². The van der Waals surface area contributed by atoms with E-state index in [1.807, 2.05) is 13.1 Å². The predicted molar refractivity (Wildman–Crippen MR) is 106 cm³/mol. The summed E-state index contributed by atoms with van der Waals surface area (Å²) in [6.45, 7) is 1.02. The summed E-state index contributed by atoms with van der Waals surface area (Å²) in [5.74, 6) is 2.31. The van der Waals surface area contributed by atoms with Crippen molar-refractivity contribution in [3.05, 3.63) is 48.0 Å². The first-order valence-electron chi connectivity index (χ1n) is 9.28. The standard InChI is InChI=1S/C22H21N3O2/c1-24-21-17(9-15(13-26)10-20(21)27-2)23-22(24)19-11-16-5-3-4-6-18(16)25(19)12-14-7-8-14/h3-6,9-11,13-14H,7-8,12H2,1-2H3. The number of hydrogen-bond donors (Lipinski definition) is 0. The minimum atomic E-state index is 0.572. The molecule has 5 nitrogen and oxygen atoms in total. The number of aryl methyl sites for hydroxylation is 1. The number of rotatable bonds is 5. The molecular weight excluding hydrogens is 338 g/mol. The molecule has 0 radical (unpaired) electrons. The first-order chi connectivity index (χ1) is 13.2. The van der Waals surface area contributed by atoms with E-state index >= 15 is 0 Å². The Morgan fingerprint density at radius 3 is 2.78 bits per heavy atom. The van der Waals surface area contributed by atoms with Gasteiger partial charge in [-0.1, -0.05) is 18.2 Å². The predicted octanol–water partition coefficient (Wildman–Crippen LogP) is 4.43. The molecule has 0 aliphatic heterocycles. The molecule has 0 saturated heterocycles. The van der Waals surface area contributed by atoms with Crippen LogP contribution in [0.5, 0.6) is 5.75 Å². The van der Waals surface area contributed by atoms with E-state index in [2.05, 4.69) is 39.5 Å². The van der Waals surface area contributed by atoms with Gasteiger partial charge in [-0.05, 0) is 43.0 Å². The van der Waals surface area contributed by atoms with Crippen LogP contribution in [0.1, 0.15) is 23.2 Å². The lowest BCUT2D eigenvalue weighted by Crippen LogP contribution is -2.04. The zero-order valence-electron chi connectivity index (χ0n) is 15.5. The molecule has 0 N–H and O–H groups in total. The van der Waals surface area contributed by atoms with Crippen LogP contribution in [0.2, 0.25) is 0 Å². The second kappa shape index (κ2) is 5.98. The van der Waals surface area contributed by atoms with Crippen molar-refractivity contribution in [1.29, 1.82) is 0 Å². The summed E-state index contributed by atoms with van der Waals surface area (Å²) in [5, 5.41) is 1.22. The molecule has 27 heavy (non-hydrogen) atoms. The van der Waals surface area contributed by atoms with Crippen LogP contribution >= 0.6 is 0 Å². The third-order valence-corrected chi connectivity index (χ3v) is 5.49. The number of imidazole rings is 1. The number of hydrogen-bond acceptors (Lipinski definition) is 3. The minimum absolute atomic E-state index is 0.572. The van der Waals surface area contributed by atoms with E-state index in [1.165, 1.54) is 23.7 Å². The minimum Gasteiger partial charge on any atom is -0.494 e. The van der Waals surface area contributed by atoms with Crippen LogP contribution in [0.15, 0.2) is 42.5 Å². The van der Waals surface area contributed by atoms with Gasteiger partial charge in [0.25, 0.3) is 0 Å². The molecule has 1 aliphatic rings. The smallest absolute Gasteiger partial charge is 0.157 e. The number of ether oxygens (including phenoxy) is 1. The molecular formula is C22H21N3O2. The fourth-order valence-electron chi connectivity index (χ4n) is 3.93. The van der Waals surface area contributed by atoms with Crippen LogP contribution in [-0.4, -0.2) is 27.5 Å².